The van der Waals surface area contributed by atoms with Gasteiger partial charge in [0, 0.05) is 5.02 Å². The predicted octanol–water partition coefficient (Wildman–Crippen LogP) is 2.71. The van der Waals surface area contributed by atoms with Crippen LogP contribution in [0, 0.1) is 18.3 Å². The number of rotatable bonds is 1. The van der Waals surface area contributed by atoms with Crippen molar-refractivity contribution >= 4 is 11.6 Å². The van der Waals surface area contributed by atoms with Crippen LogP contribution in [-0.2, 0) is 6.42 Å². The van der Waals surface area contributed by atoms with Crippen LogP contribution < -0.4 is 0 Å². The van der Waals surface area contributed by atoms with Crippen LogP contribution in [0.2, 0.25) is 5.02 Å². The Morgan fingerprint density at radius 1 is 1.55 bits per heavy atom. The molecule has 1 nitrogen and oxygen atoms in total. The van der Waals surface area contributed by atoms with Crippen molar-refractivity contribution in [3.05, 3.63) is 34.3 Å². The summed E-state index contributed by atoms with van der Waals surface area (Å²) in [5, 5.41) is 9.14. The molecule has 0 spiro atoms. The molecule has 0 saturated carbocycles. The highest BCUT2D eigenvalue weighted by Crippen LogP contribution is 2.20. The van der Waals surface area contributed by atoms with Crippen molar-refractivity contribution in [1.82, 2.24) is 0 Å². The van der Waals surface area contributed by atoms with Gasteiger partial charge in [-0.15, -0.1) is 0 Å². The van der Waals surface area contributed by atoms with Crippen LogP contribution in [0.5, 0.6) is 0 Å². The van der Waals surface area contributed by atoms with Gasteiger partial charge in [-0.3, -0.25) is 0 Å². The molecule has 0 aromatic heterocycles. The normalized spacial score (nSPS) is 9.18. The Morgan fingerprint density at radius 3 is 2.91 bits per heavy atom. The molecular weight excluding hydrogens is 158 g/mol. The fourth-order valence-electron chi connectivity index (χ4n) is 0.930. The SMILES string of the molecule is Cc1cccc(CC#N)c1Cl. The van der Waals surface area contributed by atoms with Crippen LogP contribution in [0.3, 0.4) is 0 Å². The lowest BCUT2D eigenvalue weighted by Gasteiger charge is -2.00. The Morgan fingerprint density at radius 2 is 2.27 bits per heavy atom. The quantitative estimate of drug-likeness (QED) is 0.628. The molecule has 0 unspecified atom stereocenters. The number of nitrogens with zero attached hydrogens (tertiary/aromatic N) is 1. The second-order valence-corrected chi connectivity index (χ2v) is 2.76. The Bertz CT molecular complexity index is 299. The highest BCUT2D eigenvalue weighted by molar-refractivity contribution is 6.32. The molecule has 0 atom stereocenters. The molecule has 11 heavy (non-hydrogen) atoms. The zero-order valence-electron chi connectivity index (χ0n) is 6.26. The van der Waals surface area contributed by atoms with E-state index < -0.39 is 0 Å². The van der Waals surface area contributed by atoms with E-state index >= 15 is 0 Å². The monoisotopic (exact) mass is 165 g/mol. The molecule has 0 aliphatic carbocycles. The van der Waals surface area contributed by atoms with Crippen molar-refractivity contribution in [2.24, 2.45) is 0 Å². The lowest BCUT2D eigenvalue weighted by molar-refractivity contribution is 1.24. The first kappa shape index (κ1) is 8.10. The van der Waals surface area contributed by atoms with Crippen molar-refractivity contribution in [1.29, 1.82) is 5.26 Å². The molecular formula is C9H8ClN. The van der Waals surface area contributed by atoms with E-state index in [0.717, 1.165) is 11.1 Å². The smallest absolute Gasteiger partial charge is 0.0670 e. The average molecular weight is 166 g/mol. The Labute approximate surface area is 71.2 Å². The molecule has 0 radical (unpaired) electrons. The van der Waals surface area contributed by atoms with Crippen molar-refractivity contribution in [2.45, 2.75) is 13.3 Å². The molecule has 0 aliphatic heterocycles. The van der Waals surface area contributed by atoms with Gasteiger partial charge in [-0.05, 0) is 18.1 Å². The Hall–Kier alpha value is -1.00. The van der Waals surface area contributed by atoms with Crippen molar-refractivity contribution in [3.8, 4) is 6.07 Å². The first-order valence-corrected chi connectivity index (χ1v) is 3.74. The molecule has 1 aromatic rings. The molecule has 0 bridgehead atoms. The van der Waals surface area contributed by atoms with Crippen LogP contribution >= 0.6 is 11.6 Å². The number of aryl methyl sites for hydroxylation is 1. The molecule has 0 N–H and O–H groups in total. The van der Waals surface area contributed by atoms with Crippen molar-refractivity contribution < 1.29 is 0 Å². The zero-order chi connectivity index (χ0) is 8.27. The van der Waals surface area contributed by atoms with E-state index in [1.165, 1.54) is 0 Å². The van der Waals surface area contributed by atoms with E-state index in [0.29, 0.717) is 11.4 Å². The maximum atomic E-state index is 8.43. The van der Waals surface area contributed by atoms with Crippen LogP contribution in [0.25, 0.3) is 0 Å². The van der Waals surface area contributed by atoms with Gasteiger partial charge in [0.25, 0.3) is 0 Å². The van der Waals surface area contributed by atoms with Crippen LogP contribution in [-0.4, -0.2) is 0 Å². The number of benzene rings is 1. The van der Waals surface area contributed by atoms with E-state index in [4.69, 9.17) is 16.9 Å². The fourth-order valence-corrected chi connectivity index (χ4v) is 1.12. The molecule has 1 aromatic carbocycles. The molecule has 2 heteroatoms. The third-order valence-electron chi connectivity index (χ3n) is 1.54. The predicted molar refractivity (Wildman–Crippen MR) is 45.5 cm³/mol. The lowest BCUT2D eigenvalue weighted by atomic mass is 10.1. The minimum absolute atomic E-state index is 0.389. The van der Waals surface area contributed by atoms with E-state index in [1.807, 2.05) is 25.1 Å². The zero-order valence-corrected chi connectivity index (χ0v) is 7.02. The van der Waals surface area contributed by atoms with Gasteiger partial charge in [0.05, 0.1) is 12.5 Å². The largest absolute Gasteiger partial charge is 0.198 e. The number of halogens is 1. The Kier molecular flexibility index (Phi) is 2.51. The summed E-state index contributed by atoms with van der Waals surface area (Å²) in [5.41, 5.74) is 1.94. The maximum Gasteiger partial charge on any atom is 0.0670 e. The summed E-state index contributed by atoms with van der Waals surface area (Å²) in [6.45, 7) is 1.93. The molecule has 0 amide bonds. The minimum Gasteiger partial charge on any atom is -0.198 e. The van der Waals surface area contributed by atoms with E-state index in [-0.39, 0.29) is 0 Å². The summed E-state index contributed by atoms with van der Waals surface area (Å²) in [7, 11) is 0. The fraction of sp³-hybridized carbons (Fsp3) is 0.222. The molecule has 56 valence electrons. The summed E-state index contributed by atoms with van der Waals surface area (Å²) >= 11 is 5.92. The van der Waals surface area contributed by atoms with Crippen molar-refractivity contribution in [2.75, 3.05) is 0 Å². The number of hydrogen-bond donors (Lipinski definition) is 0. The van der Waals surface area contributed by atoms with Gasteiger partial charge < -0.3 is 0 Å². The van der Waals surface area contributed by atoms with Crippen molar-refractivity contribution in [3.63, 3.8) is 0 Å². The summed E-state index contributed by atoms with van der Waals surface area (Å²) in [5.74, 6) is 0. The van der Waals surface area contributed by atoms with Gasteiger partial charge in [0.15, 0.2) is 0 Å². The summed E-state index contributed by atoms with van der Waals surface area (Å²) in [6, 6.07) is 7.79. The average Bonchev–Trinajstić information content (AvgIpc) is 1.99. The molecule has 0 aliphatic rings. The van der Waals surface area contributed by atoms with Crippen LogP contribution in [0.15, 0.2) is 18.2 Å². The van der Waals surface area contributed by atoms with Gasteiger partial charge in [0.2, 0.25) is 0 Å². The van der Waals surface area contributed by atoms with Gasteiger partial charge in [-0.25, -0.2) is 0 Å². The first-order valence-electron chi connectivity index (χ1n) is 3.36. The van der Waals surface area contributed by atoms with Gasteiger partial charge >= 0.3 is 0 Å². The third kappa shape index (κ3) is 1.72. The summed E-state index contributed by atoms with van der Waals surface area (Å²) in [4.78, 5) is 0. The third-order valence-corrected chi connectivity index (χ3v) is 2.08. The van der Waals surface area contributed by atoms with E-state index in [2.05, 4.69) is 6.07 Å². The molecule has 0 heterocycles. The van der Waals surface area contributed by atoms with Gasteiger partial charge in [-0.1, -0.05) is 29.8 Å². The Balaban J connectivity index is 3.08. The minimum atomic E-state index is 0.389. The van der Waals surface area contributed by atoms with Crippen LogP contribution in [0.1, 0.15) is 11.1 Å². The molecule has 0 fully saturated rings. The highest BCUT2D eigenvalue weighted by atomic mass is 35.5. The lowest BCUT2D eigenvalue weighted by Crippen LogP contribution is -1.85. The van der Waals surface area contributed by atoms with Crippen LogP contribution in [0.4, 0.5) is 0 Å². The number of hydrogen-bond acceptors (Lipinski definition) is 1. The number of nitriles is 1. The highest BCUT2D eigenvalue weighted by Gasteiger charge is 2.00. The standard InChI is InChI=1S/C9H8ClN/c1-7-3-2-4-8(5-6-11)9(7)10/h2-4H,5H2,1H3. The maximum absolute atomic E-state index is 8.43. The molecule has 0 saturated heterocycles. The molecule has 1 rings (SSSR count). The van der Waals surface area contributed by atoms with Gasteiger partial charge in [0.1, 0.15) is 0 Å². The summed E-state index contributed by atoms with van der Waals surface area (Å²) < 4.78 is 0. The first-order chi connectivity index (χ1) is 5.25. The van der Waals surface area contributed by atoms with Gasteiger partial charge in [-0.2, -0.15) is 5.26 Å². The summed E-state index contributed by atoms with van der Waals surface area (Å²) in [6.07, 6.45) is 0.389. The van der Waals surface area contributed by atoms with E-state index in [1.54, 1.807) is 0 Å². The second-order valence-electron chi connectivity index (χ2n) is 2.38. The second kappa shape index (κ2) is 3.41. The topological polar surface area (TPSA) is 23.8 Å². The van der Waals surface area contributed by atoms with E-state index in [9.17, 15) is 0 Å².